The standard InChI is InChI=1S/C60H34S/c1-3-13-35(14-4-1)55-45-20-7-8-21-46(45)56(36-15-5-2-6-16-36)59-49-32-31-42(44-22-12-23-48(57(44)49)58(55)59)50-33-40(34-51-43-19-9-10-24-52(43)61-60(50)51)41-29-27-39-26-25-37-17-11-18-38-28-30-47(41)54(39)53(37)38/h1-34H. The molecule has 0 atom stereocenters. The summed E-state index contributed by atoms with van der Waals surface area (Å²) in [6, 6.07) is 77.5. The molecule has 1 aromatic heterocycles. The van der Waals surface area contributed by atoms with Gasteiger partial charge < -0.3 is 0 Å². The van der Waals surface area contributed by atoms with E-state index in [1.165, 1.54) is 141 Å². The third kappa shape index (κ3) is 4.59. The third-order valence-corrected chi connectivity index (χ3v) is 14.7. The van der Waals surface area contributed by atoms with Crippen molar-refractivity contribution in [3.63, 3.8) is 0 Å². The van der Waals surface area contributed by atoms with Crippen LogP contribution in [0.25, 0.3) is 141 Å². The van der Waals surface area contributed by atoms with Gasteiger partial charge in [-0.2, -0.15) is 0 Å². The van der Waals surface area contributed by atoms with Crippen molar-refractivity contribution in [2.75, 3.05) is 0 Å². The predicted molar refractivity (Wildman–Crippen MR) is 264 cm³/mol. The van der Waals surface area contributed by atoms with Crippen molar-refractivity contribution < 1.29 is 0 Å². The molecule has 1 aliphatic carbocycles. The number of fused-ring (bicyclic) bond motifs is 7. The summed E-state index contributed by atoms with van der Waals surface area (Å²) < 4.78 is 2.65. The number of benzene rings is 12. The monoisotopic (exact) mass is 786 g/mol. The van der Waals surface area contributed by atoms with Crippen LogP contribution < -0.4 is 0 Å². The molecule has 1 heteroatoms. The molecule has 0 bridgehead atoms. The maximum absolute atomic E-state index is 2.50. The van der Waals surface area contributed by atoms with Crippen LogP contribution >= 0.6 is 11.3 Å². The minimum Gasteiger partial charge on any atom is -0.135 e. The highest BCUT2D eigenvalue weighted by Crippen LogP contribution is 2.59. The molecule has 13 aromatic rings. The van der Waals surface area contributed by atoms with Gasteiger partial charge in [-0.05, 0) is 133 Å². The lowest BCUT2D eigenvalue weighted by Crippen LogP contribution is -1.93. The summed E-state index contributed by atoms with van der Waals surface area (Å²) >= 11 is 1.92. The highest BCUT2D eigenvalue weighted by molar-refractivity contribution is 7.26. The van der Waals surface area contributed by atoms with E-state index in [2.05, 4.69) is 206 Å². The Morgan fingerprint density at radius 2 is 0.770 bits per heavy atom. The molecule has 12 aromatic carbocycles. The maximum atomic E-state index is 2.50. The first kappa shape index (κ1) is 33.3. The lowest BCUT2D eigenvalue weighted by atomic mass is 9.82. The Kier molecular flexibility index (Phi) is 6.80. The van der Waals surface area contributed by atoms with Gasteiger partial charge in [0.15, 0.2) is 0 Å². The van der Waals surface area contributed by atoms with Crippen LogP contribution in [0, 0.1) is 0 Å². The van der Waals surface area contributed by atoms with Gasteiger partial charge in [0.2, 0.25) is 0 Å². The van der Waals surface area contributed by atoms with Crippen molar-refractivity contribution in [2.45, 2.75) is 0 Å². The van der Waals surface area contributed by atoms with E-state index in [1.807, 2.05) is 11.3 Å². The molecule has 0 nitrogen and oxygen atoms in total. The van der Waals surface area contributed by atoms with Gasteiger partial charge in [0.1, 0.15) is 0 Å². The molecule has 0 saturated heterocycles. The normalized spacial score (nSPS) is 12.3. The first-order chi connectivity index (χ1) is 30.3. The molecule has 0 saturated carbocycles. The van der Waals surface area contributed by atoms with Gasteiger partial charge >= 0.3 is 0 Å². The van der Waals surface area contributed by atoms with Gasteiger partial charge in [-0.25, -0.2) is 0 Å². The van der Waals surface area contributed by atoms with Crippen LogP contribution in [0.1, 0.15) is 0 Å². The highest BCUT2D eigenvalue weighted by Gasteiger charge is 2.31. The van der Waals surface area contributed by atoms with Gasteiger partial charge in [-0.1, -0.05) is 188 Å². The fraction of sp³-hybridized carbons (Fsp3) is 0. The number of thiophene rings is 1. The van der Waals surface area contributed by atoms with E-state index in [4.69, 9.17) is 0 Å². The zero-order valence-electron chi connectivity index (χ0n) is 33.0. The molecule has 280 valence electrons. The van der Waals surface area contributed by atoms with E-state index in [0.717, 1.165) is 0 Å². The number of hydrogen-bond acceptors (Lipinski definition) is 1. The largest absolute Gasteiger partial charge is 0.135 e. The third-order valence-electron chi connectivity index (χ3n) is 13.5. The van der Waals surface area contributed by atoms with Crippen molar-refractivity contribution in [1.82, 2.24) is 0 Å². The zero-order chi connectivity index (χ0) is 39.8. The predicted octanol–water partition coefficient (Wildman–Crippen LogP) is 17.6. The van der Waals surface area contributed by atoms with Crippen LogP contribution in [-0.4, -0.2) is 0 Å². The van der Waals surface area contributed by atoms with Crippen LogP contribution in [0.5, 0.6) is 0 Å². The molecule has 0 spiro atoms. The molecular weight excluding hydrogens is 753 g/mol. The fourth-order valence-electron chi connectivity index (χ4n) is 11.0. The van der Waals surface area contributed by atoms with Gasteiger partial charge in [-0.3, -0.25) is 0 Å². The van der Waals surface area contributed by atoms with Gasteiger partial charge in [0.25, 0.3) is 0 Å². The van der Waals surface area contributed by atoms with Crippen molar-refractivity contribution >= 4 is 85.4 Å². The molecule has 0 fully saturated rings. The van der Waals surface area contributed by atoms with Gasteiger partial charge in [0.05, 0.1) is 0 Å². The summed E-state index contributed by atoms with van der Waals surface area (Å²) in [4.78, 5) is 0. The van der Waals surface area contributed by atoms with E-state index in [0.29, 0.717) is 0 Å². The van der Waals surface area contributed by atoms with E-state index in [-0.39, 0.29) is 0 Å². The summed E-state index contributed by atoms with van der Waals surface area (Å²) in [7, 11) is 0. The minimum atomic E-state index is 1.24. The topological polar surface area (TPSA) is 0 Å². The summed E-state index contributed by atoms with van der Waals surface area (Å²) in [6.45, 7) is 0. The Bertz CT molecular complexity index is 3860. The molecule has 1 aliphatic rings. The van der Waals surface area contributed by atoms with E-state index >= 15 is 0 Å². The summed E-state index contributed by atoms with van der Waals surface area (Å²) in [5, 5.41) is 15.7. The van der Waals surface area contributed by atoms with Crippen molar-refractivity contribution in [2.24, 2.45) is 0 Å². The molecular formula is C60H34S. The van der Waals surface area contributed by atoms with Crippen LogP contribution in [0.15, 0.2) is 206 Å². The lowest BCUT2D eigenvalue weighted by molar-refractivity contribution is 1.62. The minimum absolute atomic E-state index is 1.24. The van der Waals surface area contributed by atoms with Gasteiger partial charge in [0, 0.05) is 25.7 Å². The SMILES string of the molecule is c1ccc(-c2c3c(c(-c4ccccc4)c4ccccc24)-c2ccc(-c4cc(-c5ccc6ccc7cccc8ccc5c6c78)cc5c4sc4ccccc45)c4cccc-3c24)cc1. The average Bonchev–Trinajstić information content (AvgIpc) is 3.87. The molecule has 0 aliphatic heterocycles. The average molecular weight is 787 g/mol. The molecule has 14 rings (SSSR count). The highest BCUT2D eigenvalue weighted by atomic mass is 32.1. The second kappa shape index (κ2) is 12.5. The Hall–Kier alpha value is -7.58. The van der Waals surface area contributed by atoms with Crippen molar-refractivity contribution in [1.29, 1.82) is 0 Å². The second-order valence-corrected chi connectivity index (χ2v) is 17.7. The summed E-state index contributed by atoms with van der Waals surface area (Å²) in [5.41, 5.74) is 15.5. The first-order valence-corrected chi connectivity index (χ1v) is 22.0. The fourth-order valence-corrected chi connectivity index (χ4v) is 12.2. The first-order valence-electron chi connectivity index (χ1n) is 21.2. The van der Waals surface area contributed by atoms with E-state index in [1.54, 1.807) is 0 Å². The zero-order valence-corrected chi connectivity index (χ0v) is 33.9. The molecule has 0 radical (unpaired) electrons. The number of rotatable bonds is 4. The van der Waals surface area contributed by atoms with E-state index < -0.39 is 0 Å². The van der Waals surface area contributed by atoms with Crippen molar-refractivity contribution in [3.05, 3.63) is 206 Å². The second-order valence-electron chi connectivity index (χ2n) is 16.6. The Labute approximate surface area is 356 Å². The smallest absolute Gasteiger partial charge is 0.0434 e. The lowest BCUT2D eigenvalue weighted by Gasteiger charge is -2.20. The van der Waals surface area contributed by atoms with Crippen LogP contribution in [-0.2, 0) is 0 Å². The van der Waals surface area contributed by atoms with E-state index in [9.17, 15) is 0 Å². The van der Waals surface area contributed by atoms with Crippen molar-refractivity contribution in [3.8, 4) is 66.8 Å². The number of hydrogen-bond donors (Lipinski definition) is 0. The Morgan fingerprint density at radius 3 is 1.49 bits per heavy atom. The maximum Gasteiger partial charge on any atom is 0.0434 e. The van der Waals surface area contributed by atoms with Crippen LogP contribution in [0.2, 0.25) is 0 Å². The molecule has 61 heavy (non-hydrogen) atoms. The van der Waals surface area contributed by atoms with Crippen LogP contribution in [0.4, 0.5) is 0 Å². The van der Waals surface area contributed by atoms with Gasteiger partial charge in [-0.15, -0.1) is 11.3 Å². The summed E-state index contributed by atoms with van der Waals surface area (Å²) in [6.07, 6.45) is 0. The molecule has 0 unspecified atom stereocenters. The molecule has 0 amide bonds. The quantitative estimate of drug-likeness (QED) is 0.156. The Morgan fingerprint density at radius 1 is 0.246 bits per heavy atom. The molecule has 0 N–H and O–H groups in total. The van der Waals surface area contributed by atoms with Crippen LogP contribution in [0.3, 0.4) is 0 Å². The molecule has 1 heterocycles. The summed E-state index contributed by atoms with van der Waals surface area (Å²) in [5.74, 6) is 0. The Balaban J connectivity index is 1.09.